The summed E-state index contributed by atoms with van der Waals surface area (Å²) in [6.45, 7) is -1.36. The number of amides is 3. The summed E-state index contributed by atoms with van der Waals surface area (Å²) in [5, 5.41) is 35.0. The number of carbonyl (C=O) groups is 4. The minimum atomic E-state index is -1.47. The van der Waals surface area contributed by atoms with Gasteiger partial charge in [-0.25, -0.2) is 4.79 Å². The highest BCUT2D eigenvalue weighted by atomic mass is 16.4. The number of aliphatic carboxylic acids is 1. The number of guanidine groups is 1. The molecule has 35 heavy (non-hydrogen) atoms. The number of nitrogens with one attached hydrogen (secondary N) is 3. The molecule has 4 unspecified atom stereocenters. The zero-order valence-electron chi connectivity index (χ0n) is 19.1. The largest absolute Gasteiger partial charge is 0.480 e. The standard InChI is InChI=1S/C21H33N7O7/c22-13(10-29)17(31)28-16(11-30)19(33)26-14(7-4-8-25-21(23)24)18(32)27-15(20(34)35)9-12-5-2-1-3-6-12/h1-3,5-6,13-16,29-30H,4,7-11,22H2,(H,26,33)(H,27,32)(H,28,31)(H,34,35)(H4,23,24,25). The van der Waals surface area contributed by atoms with Gasteiger partial charge in [-0.05, 0) is 18.4 Å². The Labute approximate surface area is 201 Å². The first-order chi connectivity index (χ1) is 16.6. The van der Waals surface area contributed by atoms with E-state index in [1.165, 1.54) is 0 Å². The Hall–Kier alpha value is -3.75. The minimum Gasteiger partial charge on any atom is -0.480 e. The van der Waals surface area contributed by atoms with Crippen LogP contribution in [-0.4, -0.2) is 88.9 Å². The highest BCUT2D eigenvalue weighted by Gasteiger charge is 2.30. The van der Waals surface area contributed by atoms with Crippen molar-refractivity contribution in [3.05, 3.63) is 35.9 Å². The molecule has 0 saturated heterocycles. The molecule has 0 heterocycles. The molecule has 4 atom stereocenters. The molecular weight excluding hydrogens is 462 g/mol. The summed E-state index contributed by atoms with van der Waals surface area (Å²) in [4.78, 5) is 52.9. The summed E-state index contributed by atoms with van der Waals surface area (Å²) in [5.41, 5.74) is 16.6. The van der Waals surface area contributed by atoms with Crippen molar-refractivity contribution in [2.75, 3.05) is 19.8 Å². The van der Waals surface area contributed by atoms with Gasteiger partial charge >= 0.3 is 5.97 Å². The van der Waals surface area contributed by atoms with Crippen LogP contribution in [-0.2, 0) is 25.6 Å². The number of aliphatic hydroxyl groups excluding tert-OH is 2. The number of nitrogens with zero attached hydrogens (tertiary/aromatic N) is 1. The van der Waals surface area contributed by atoms with Gasteiger partial charge in [0.05, 0.1) is 13.2 Å². The molecule has 12 N–H and O–H groups in total. The second kappa shape index (κ2) is 15.2. The molecule has 14 heteroatoms. The lowest BCUT2D eigenvalue weighted by Gasteiger charge is -2.24. The van der Waals surface area contributed by atoms with Crippen LogP contribution in [0.25, 0.3) is 0 Å². The molecule has 0 aliphatic heterocycles. The van der Waals surface area contributed by atoms with E-state index in [9.17, 15) is 29.4 Å². The number of aliphatic imine (C=N–C) groups is 1. The van der Waals surface area contributed by atoms with Crippen LogP contribution in [0.15, 0.2) is 35.3 Å². The number of carbonyl (C=O) groups excluding carboxylic acids is 3. The number of carboxylic acid groups (broad SMARTS) is 1. The van der Waals surface area contributed by atoms with Gasteiger partial charge in [0, 0.05) is 13.0 Å². The van der Waals surface area contributed by atoms with Crippen molar-refractivity contribution in [2.45, 2.75) is 43.4 Å². The molecule has 1 aromatic rings. The molecule has 3 amide bonds. The maximum absolute atomic E-state index is 12.9. The van der Waals surface area contributed by atoms with E-state index in [-0.39, 0.29) is 31.8 Å². The maximum atomic E-state index is 12.9. The van der Waals surface area contributed by atoms with Gasteiger partial charge in [-0.15, -0.1) is 0 Å². The van der Waals surface area contributed by atoms with Gasteiger partial charge in [0.1, 0.15) is 24.2 Å². The highest BCUT2D eigenvalue weighted by Crippen LogP contribution is 2.06. The quantitative estimate of drug-likeness (QED) is 0.0649. The summed E-state index contributed by atoms with van der Waals surface area (Å²) < 4.78 is 0. The van der Waals surface area contributed by atoms with E-state index in [0.717, 1.165) is 0 Å². The van der Waals surface area contributed by atoms with Crippen LogP contribution in [0.2, 0.25) is 0 Å². The van der Waals surface area contributed by atoms with E-state index >= 15 is 0 Å². The predicted octanol–water partition coefficient (Wildman–Crippen LogP) is -3.87. The van der Waals surface area contributed by atoms with Crippen molar-refractivity contribution in [1.29, 1.82) is 0 Å². The molecule has 1 aromatic carbocycles. The fraction of sp³-hybridized carbons (Fsp3) is 0.476. The third-order valence-electron chi connectivity index (χ3n) is 4.82. The van der Waals surface area contributed by atoms with E-state index in [0.29, 0.717) is 5.56 Å². The molecular formula is C21H33N7O7. The van der Waals surface area contributed by atoms with Gasteiger partial charge < -0.3 is 48.5 Å². The average Bonchev–Trinajstić information content (AvgIpc) is 2.83. The van der Waals surface area contributed by atoms with Crippen LogP contribution in [0.3, 0.4) is 0 Å². The maximum Gasteiger partial charge on any atom is 0.326 e. The fourth-order valence-electron chi connectivity index (χ4n) is 2.92. The van der Waals surface area contributed by atoms with Crippen LogP contribution in [0.5, 0.6) is 0 Å². The van der Waals surface area contributed by atoms with Crippen molar-refractivity contribution >= 4 is 29.7 Å². The molecule has 1 rings (SSSR count). The molecule has 0 radical (unpaired) electrons. The minimum absolute atomic E-state index is 0.00491. The van der Waals surface area contributed by atoms with Crippen LogP contribution in [0, 0.1) is 0 Å². The van der Waals surface area contributed by atoms with Gasteiger partial charge in [-0.1, -0.05) is 30.3 Å². The molecule has 0 bridgehead atoms. The SMILES string of the molecule is NC(N)=NCCCC(NC(=O)C(CO)NC(=O)C(N)CO)C(=O)NC(Cc1ccccc1)C(=O)O. The molecule has 14 nitrogen and oxygen atoms in total. The summed E-state index contributed by atoms with van der Waals surface area (Å²) in [6.07, 6.45) is 0.275. The first-order valence-corrected chi connectivity index (χ1v) is 10.8. The number of aliphatic hydroxyl groups is 2. The van der Waals surface area contributed by atoms with Crippen LogP contribution >= 0.6 is 0 Å². The number of hydrogen-bond donors (Lipinski definition) is 9. The smallest absolute Gasteiger partial charge is 0.326 e. The van der Waals surface area contributed by atoms with Crippen LogP contribution < -0.4 is 33.2 Å². The number of nitrogens with two attached hydrogens (primary N) is 3. The lowest BCUT2D eigenvalue weighted by molar-refractivity contribution is -0.142. The summed E-state index contributed by atoms with van der Waals surface area (Å²) in [7, 11) is 0. The Morgan fingerprint density at radius 2 is 1.43 bits per heavy atom. The number of carboxylic acids is 1. The lowest BCUT2D eigenvalue weighted by atomic mass is 10.0. The van der Waals surface area contributed by atoms with Crippen molar-refractivity contribution < 1.29 is 34.5 Å². The molecule has 0 aliphatic carbocycles. The summed E-state index contributed by atoms with van der Waals surface area (Å²) in [5.74, 6) is -4.02. The Bertz CT molecular complexity index is 878. The Kier molecular flexibility index (Phi) is 12.7. The number of benzene rings is 1. The summed E-state index contributed by atoms with van der Waals surface area (Å²) in [6, 6.07) is 3.36. The van der Waals surface area contributed by atoms with Gasteiger partial charge in [-0.2, -0.15) is 0 Å². The number of rotatable bonds is 15. The van der Waals surface area contributed by atoms with Gasteiger partial charge in [-0.3, -0.25) is 19.4 Å². The average molecular weight is 496 g/mol. The zero-order chi connectivity index (χ0) is 26.4. The Morgan fingerprint density at radius 1 is 0.857 bits per heavy atom. The van der Waals surface area contributed by atoms with E-state index in [1.54, 1.807) is 30.3 Å². The van der Waals surface area contributed by atoms with Gasteiger partial charge in [0.15, 0.2) is 5.96 Å². The lowest BCUT2D eigenvalue weighted by Crippen LogP contribution is -2.58. The molecule has 0 aromatic heterocycles. The van der Waals surface area contributed by atoms with E-state index < -0.39 is 61.1 Å². The molecule has 0 saturated carbocycles. The van der Waals surface area contributed by atoms with Gasteiger partial charge in [0.2, 0.25) is 17.7 Å². The van der Waals surface area contributed by atoms with E-state index in [4.69, 9.17) is 22.3 Å². The molecule has 0 spiro atoms. The fourth-order valence-corrected chi connectivity index (χ4v) is 2.92. The van der Waals surface area contributed by atoms with Crippen molar-refractivity contribution in [3.63, 3.8) is 0 Å². The monoisotopic (exact) mass is 495 g/mol. The number of hydrogen-bond acceptors (Lipinski definition) is 8. The Balaban J connectivity index is 2.96. The van der Waals surface area contributed by atoms with Gasteiger partial charge in [0.25, 0.3) is 0 Å². The third-order valence-corrected chi connectivity index (χ3v) is 4.82. The second-order valence-electron chi connectivity index (χ2n) is 7.63. The van der Waals surface area contributed by atoms with E-state index in [1.807, 2.05) is 0 Å². The predicted molar refractivity (Wildman–Crippen MR) is 126 cm³/mol. The second-order valence-corrected chi connectivity index (χ2v) is 7.63. The van der Waals surface area contributed by atoms with Crippen molar-refractivity contribution in [2.24, 2.45) is 22.2 Å². The van der Waals surface area contributed by atoms with Crippen molar-refractivity contribution in [1.82, 2.24) is 16.0 Å². The van der Waals surface area contributed by atoms with Crippen LogP contribution in [0.1, 0.15) is 18.4 Å². The first-order valence-electron chi connectivity index (χ1n) is 10.8. The topological polar surface area (TPSA) is 255 Å². The molecule has 0 aliphatic rings. The third kappa shape index (κ3) is 10.8. The molecule has 0 fully saturated rings. The van der Waals surface area contributed by atoms with Crippen molar-refractivity contribution in [3.8, 4) is 0 Å². The molecule has 194 valence electrons. The highest BCUT2D eigenvalue weighted by molar-refractivity contribution is 5.94. The Morgan fingerprint density at radius 3 is 1.97 bits per heavy atom. The summed E-state index contributed by atoms with van der Waals surface area (Å²) >= 11 is 0. The van der Waals surface area contributed by atoms with E-state index in [2.05, 4.69) is 20.9 Å². The normalized spacial score (nSPS) is 14.0. The van der Waals surface area contributed by atoms with Crippen LogP contribution in [0.4, 0.5) is 0 Å². The zero-order valence-corrected chi connectivity index (χ0v) is 19.1. The first kappa shape index (κ1) is 29.3.